The van der Waals surface area contributed by atoms with E-state index in [1.807, 2.05) is 31.2 Å². The molecule has 3 nitrogen and oxygen atoms in total. The van der Waals surface area contributed by atoms with E-state index in [0.29, 0.717) is 24.7 Å². The lowest BCUT2D eigenvalue weighted by molar-refractivity contribution is -0.112. The average Bonchev–Trinajstić information content (AvgIpc) is 2.94. The fourth-order valence-corrected chi connectivity index (χ4v) is 3.87. The summed E-state index contributed by atoms with van der Waals surface area (Å²) in [6, 6.07) is 7.29. The zero-order chi connectivity index (χ0) is 15.9. The van der Waals surface area contributed by atoms with E-state index in [1.54, 1.807) is 7.11 Å². The molecule has 22 heavy (non-hydrogen) atoms. The van der Waals surface area contributed by atoms with Crippen LogP contribution in [0.25, 0.3) is 0 Å². The van der Waals surface area contributed by atoms with Gasteiger partial charge in [0, 0.05) is 18.4 Å². The lowest BCUT2D eigenvalue weighted by Crippen LogP contribution is -2.16. The molecule has 0 radical (unpaired) electrons. The topological polar surface area (TPSA) is 43.4 Å². The lowest BCUT2D eigenvalue weighted by Gasteiger charge is -2.18. The fourth-order valence-electron chi connectivity index (χ4n) is 3.22. The summed E-state index contributed by atoms with van der Waals surface area (Å²) < 4.78 is 5.12. The van der Waals surface area contributed by atoms with E-state index in [1.165, 1.54) is 11.8 Å². The summed E-state index contributed by atoms with van der Waals surface area (Å²) in [6.07, 6.45) is 4.46. The van der Waals surface area contributed by atoms with Gasteiger partial charge < -0.3 is 4.74 Å². The standard InChI is InChI=1S/C18H24O3S/c1-3-22-18(20)12-15-6-4-5-14(15)11-17(19)13-7-9-16(21-2)10-8-13/h7-10,14-15H,3-6,11-12H2,1-2H3/t14-,15-/m0/s1. The molecule has 0 bridgehead atoms. The number of Topliss-reactive ketones (excluding diaryl/α,β-unsaturated/α-hetero) is 1. The number of rotatable bonds is 7. The summed E-state index contributed by atoms with van der Waals surface area (Å²) in [6.45, 7) is 2.00. The highest BCUT2D eigenvalue weighted by atomic mass is 32.2. The SMILES string of the molecule is CCSC(=O)C[C@@H]1CCC[C@H]1CC(=O)c1ccc(OC)cc1. The van der Waals surface area contributed by atoms with Crippen LogP contribution in [0, 0.1) is 11.8 Å². The summed E-state index contributed by atoms with van der Waals surface area (Å²) in [7, 11) is 1.62. The number of methoxy groups -OCH3 is 1. The predicted molar refractivity (Wildman–Crippen MR) is 90.5 cm³/mol. The van der Waals surface area contributed by atoms with Crippen LogP contribution in [-0.2, 0) is 4.79 Å². The van der Waals surface area contributed by atoms with Gasteiger partial charge in [0.25, 0.3) is 0 Å². The molecule has 0 saturated heterocycles. The Morgan fingerprint density at radius 2 is 1.77 bits per heavy atom. The minimum Gasteiger partial charge on any atom is -0.497 e. The Bertz CT molecular complexity index is 510. The summed E-state index contributed by atoms with van der Waals surface area (Å²) in [5.41, 5.74) is 0.737. The van der Waals surface area contributed by atoms with Crippen molar-refractivity contribution in [3.8, 4) is 5.75 Å². The third-order valence-corrected chi connectivity index (χ3v) is 5.19. The quantitative estimate of drug-likeness (QED) is 0.700. The van der Waals surface area contributed by atoms with Crippen molar-refractivity contribution in [2.24, 2.45) is 11.8 Å². The minimum absolute atomic E-state index is 0.176. The van der Waals surface area contributed by atoms with Crippen LogP contribution < -0.4 is 4.74 Å². The first-order valence-corrected chi connectivity index (χ1v) is 8.95. The largest absolute Gasteiger partial charge is 0.497 e. The third kappa shape index (κ3) is 4.60. The smallest absolute Gasteiger partial charge is 0.189 e. The van der Waals surface area contributed by atoms with Gasteiger partial charge in [-0.05, 0) is 54.7 Å². The van der Waals surface area contributed by atoms with Crippen LogP contribution in [0.2, 0.25) is 0 Å². The summed E-state index contributed by atoms with van der Waals surface area (Å²) >= 11 is 1.40. The molecule has 1 aromatic rings. The molecule has 1 aliphatic carbocycles. The molecule has 0 aliphatic heterocycles. The molecule has 1 aliphatic rings. The van der Waals surface area contributed by atoms with Crippen LogP contribution in [0.15, 0.2) is 24.3 Å². The minimum atomic E-state index is 0.176. The van der Waals surface area contributed by atoms with E-state index < -0.39 is 0 Å². The third-order valence-electron chi connectivity index (χ3n) is 4.41. The number of hydrogen-bond acceptors (Lipinski definition) is 4. The van der Waals surface area contributed by atoms with Crippen molar-refractivity contribution >= 4 is 22.7 Å². The van der Waals surface area contributed by atoms with E-state index >= 15 is 0 Å². The van der Waals surface area contributed by atoms with Crippen molar-refractivity contribution in [3.05, 3.63) is 29.8 Å². The average molecular weight is 320 g/mol. The Morgan fingerprint density at radius 1 is 1.14 bits per heavy atom. The molecular formula is C18H24O3S. The van der Waals surface area contributed by atoms with Gasteiger partial charge in [0.1, 0.15) is 5.75 Å². The van der Waals surface area contributed by atoms with Gasteiger partial charge in [-0.15, -0.1) is 0 Å². The molecule has 120 valence electrons. The first-order valence-electron chi connectivity index (χ1n) is 7.97. The van der Waals surface area contributed by atoms with Crippen LogP contribution in [0.5, 0.6) is 5.75 Å². The Morgan fingerprint density at radius 3 is 2.36 bits per heavy atom. The summed E-state index contributed by atoms with van der Waals surface area (Å²) in [5.74, 6) is 2.51. The molecule has 0 aromatic heterocycles. The maximum atomic E-state index is 12.4. The van der Waals surface area contributed by atoms with Crippen molar-refractivity contribution in [1.29, 1.82) is 0 Å². The van der Waals surface area contributed by atoms with Crippen LogP contribution in [0.3, 0.4) is 0 Å². The van der Waals surface area contributed by atoms with Crippen molar-refractivity contribution in [3.63, 3.8) is 0 Å². The zero-order valence-corrected chi connectivity index (χ0v) is 14.2. The first-order chi connectivity index (χ1) is 10.6. The van der Waals surface area contributed by atoms with Gasteiger partial charge in [0.15, 0.2) is 10.9 Å². The summed E-state index contributed by atoms with van der Waals surface area (Å²) in [5, 5.41) is 0.274. The predicted octanol–water partition coefficient (Wildman–Crippen LogP) is 4.35. The van der Waals surface area contributed by atoms with Crippen LogP contribution in [-0.4, -0.2) is 23.8 Å². The monoisotopic (exact) mass is 320 g/mol. The van der Waals surface area contributed by atoms with Crippen LogP contribution in [0.4, 0.5) is 0 Å². The molecule has 0 heterocycles. The highest BCUT2D eigenvalue weighted by Gasteiger charge is 2.30. The second-order valence-corrected chi connectivity index (χ2v) is 7.14. The highest BCUT2D eigenvalue weighted by Crippen LogP contribution is 2.38. The van der Waals surface area contributed by atoms with Crippen molar-refractivity contribution in [2.45, 2.75) is 39.0 Å². The van der Waals surface area contributed by atoms with Crippen molar-refractivity contribution in [2.75, 3.05) is 12.9 Å². The lowest BCUT2D eigenvalue weighted by atomic mass is 9.87. The Hall–Kier alpha value is -1.29. The second-order valence-electron chi connectivity index (χ2n) is 5.82. The zero-order valence-electron chi connectivity index (χ0n) is 13.3. The fraction of sp³-hybridized carbons (Fsp3) is 0.556. The number of hydrogen-bond donors (Lipinski definition) is 0. The van der Waals surface area contributed by atoms with E-state index in [2.05, 4.69) is 0 Å². The van der Waals surface area contributed by atoms with Gasteiger partial charge in [0.2, 0.25) is 0 Å². The van der Waals surface area contributed by atoms with Crippen LogP contribution in [0.1, 0.15) is 49.4 Å². The van der Waals surface area contributed by atoms with E-state index in [9.17, 15) is 9.59 Å². The number of carbonyl (C=O) groups is 2. The molecule has 1 aromatic carbocycles. The molecule has 0 N–H and O–H groups in total. The number of ether oxygens (including phenoxy) is 1. The Kier molecular flexibility index (Phi) is 6.49. The molecule has 2 rings (SSSR count). The maximum Gasteiger partial charge on any atom is 0.189 e. The molecule has 0 unspecified atom stereocenters. The second kappa shape index (κ2) is 8.37. The molecule has 4 heteroatoms. The van der Waals surface area contributed by atoms with Gasteiger partial charge >= 0.3 is 0 Å². The van der Waals surface area contributed by atoms with E-state index in [4.69, 9.17) is 4.74 Å². The number of thioether (sulfide) groups is 1. The van der Waals surface area contributed by atoms with E-state index in [-0.39, 0.29) is 10.9 Å². The Labute approximate surface area is 136 Å². The van der Waals surface area contributed by atoms with Gasteiger partial charge in [-0.2, -0.15) is 0 Å². The highest BCUT2D eigenvalue weighted by molar-refractivity contribution is 8.13. The molecule has 0 amide bonds. The first kappa shape index (κ1) is 17.1. The maximum absolute atomic E-state index is 12.4. The van der Waals surface area contributed by atoms with Gasteiger partial charge in [-0.1, -0.05) is 25.1 Å². The molecule has 0 spiro atoms. The molecule has 1 saturated carbocycles. The van der Waals surface area contributed by atoms with Crippen LogP contribution >= 0.6 is 11.8 Å². The normalized spacial score (nSPS) is 20.8. The number of carbonyl (C=O) groups excluding carboxylic acids is 2. The Balaban J connectivity index is 1.92. The molecule has 2 atom stereocenters. The van der Waals surface area contributed by atoms with Gasteiger partial charge in [0.05, 0.1) is 7.11 Å². The molecular weight excluding hydrogens is 296 g/mol. The number of benzene rings is 1. The molecule has 1 fully saturated rings. The number of ketones is 1. The van der Waals surface area contributed by atoms with E-state index in [0.717, 1.165) is 36.3 Å². The van der Waals surface area contributed by atoms with Crippen molar-refractivity contribution in [1.82, 2.24) is 0 Å². The van der Waals surface area contributed by atoms with Gasteiger partial charge in [-0.25, -0.2) is 0 Å². The summed E-state index contributed by atoms with van der Waals surface area (Å²) in [4.78, 5) is 24.3. The van der Waals surface area contributed by atoms with Crippen molar-refractivity contribution < 1.29 is 14.3 Å². The van der Waals surface area contributed by atoms with Gasteiger partial charge in [-0.3, -0.25) is 9.59 Å².